The van der Waals surface area contributed by atoms with Crippen molar-refractivity contribution in [1.29, 1.82) is 0 Å². The third-order valence-corrected chi connectivity index (χ3v) is 3.30. The summed E-state index contributed by atoms with van der Waals surface area (Å²) in [5, 5.41) is 4.20. The molecule has 1 unspecified atom stereocenters. The third-order valence-electron chi connectivity index (χ3n) is 2.53. The Labute approximate surface area is 121 Å². The number of hydrogen-bond acceptors (Lipinski definition) is 2. The van der Waals surface area contributed by atoms with E-state index in [1.54, 1.807) is 19.2 Å². The van der Waals surface area contributed by atoms with E-state index in [1.807, 2.05) is 13.0 Å². The summed E-state index contributed by atoms with van der Waals surface area (Å²) in [6, 6.07) is 5.38. The van der Waals surface area contributed by atoms with E-state index < -0.39 is 0 Å². The molecule has 5 heteroatoms. The van der Waals surface area contributed by atoms with E-state index in [0.29, 0.717) is 17.2 Å². The molecule has 0 heterocycles. The molecule has 0 aromatic heterocycles. The molecule has 100 valence electrons. The largest absolute Gasteiger partial charge is 0.383 e. The summed E-state index contributed by atoms with van der Waals surface area (Å²) in [4.78, 5) is 12.1. The van der Waals surface area contributed by atoms with Gasteiger partial charge in [0, 0.05) is 12.4 Å². The number of nitrogens with one attached hydrogen (secondary N) is 1. The highest BCUT2D eigenvalue weighted by molar-refractivity contribution is 9.09. The van der Waals surface area contributed by atoms with E-state index in [4.69, 9.17) is 16.3 Å². The summed E-state index contributed by atoms with van der Waals surface area (Å²) in [6.45, 7) is 2.42. The first kappa shape index (κ1) is 15.5. The van der Waals surface area contributed by atoms with Crippen LogP contribution < -0.4 is 5.32 Å². The smallest absolute Gasteiger partial charge is 0.253 e. The maximum Gasteiger partial charge on any atom is 0.253 e. The van der Waals surface area contributed by atoms with E-state index in [1.165, 1.54) is 0 Å². The quantitative estimate of drug-likeness (QED) is 0.812. The average molecular weight is 335 g/mol. The van der Waals surface area contributed by atoms with Crippen LogP contribution in [0.25, 0.3) is 0 Å². The minimum atomic E-state index is -0.164. The summed E-state index contributed by atoms with van der Waals surface area (Å²) in [6.07, 6.45) is 0.809. The molecule has 1 rings (SSSR count). The van der Waals surface area contributed by atoms with Crippen LogP contribution in [0.1, 0.15) is 22.3 Å². The molecule has 0 aliphatic heterocycles. The summed E-state index contributed by atoms with van der Waals surface area (Å²) in [5.74, 6) is -0.164. The van der Waals surface area contributed by atoms with Gasteiger partial charge in [-0.3, -0.25) is 4.79 Å². The molecule has 0 bridgehead atoms. The summed E-state index contributed by atoms with van der Waals surface area (Å²) < 4.78 is 5.07. The lowest BCUT2D eigenvalue weighted by Crippen LogP contribution is -2.38. The molecule has 3 nitrogen and oxygen atoms in total. The number of halogens is 2. The molecule has 0 saturated heterocycles. The fourth-order valence-corrected chi connectivity index (χ4v) is 2.47. The molecule has 0 radical (unpaired) electrons. The van der Waals surface area contributed by atoms with Gasteiger partial charge in [-0.25, -0.2) is 0 Å². The first-order valence-electron chi connectivity index (χ1n) is 5.70. The number of carbonyl (C=O) groups excluding carboxylic acids is 1. The van der Waals surface area contributed by atoms with Crippen LogP contribution in [0.15, 0.2) is 18.2 Å². The molecule has 0 fully saturated rings. The SMILES string of the molecule is COCC(CCBr)NC(=O)c1ccc(C)cc1Cl. The van der Waals surface area contributed by atoms with Crippen LogP contribution >= 0.6 is 27.5 Å². The number of aryl methyl sites for hydroxylation is 1. The van der Waals surface area contributed by atoms with Crippen LogP contribution in [0, 0.1) is 6.92 Å². The molecule has 0 aliphatic carbocycles. The van der Waals surface area contributed by atoms with Gasteiger partial charge in [0.25, 0.3) is 5.91 Å². The molecular weight excluding hydrogens is 318 g/mol. The van der Waals surface area contributed by atoms with Crippen molar-refractivity contribution in [3.05, 3.63) is 34.3 Å². The molecule has 1 amide bonds. The highest BCUT2D eigenvalue weighted by Gasteiger charge is 2.15. The zero-order chi connectivity index (χ0) is 13.5. The van der Waals surface area contributed by atoms with Crippen LogP contribution in [-0.4, -0.2) is 31.0 Å². The lowest BCUT2D eigenvalue weighted by atomic mass is 10.1. The van der Waals surface area contributed by atoms with Gasteiger partial charge < -0.3 is 10.1 Å². The van der Waals surface area contributed by atoms with Crippen molar-refractivity contribution >= 4 is 33.4 Å². The predicted molar refractivity (Wildman–Crippen MR) is 77.7 cm³/mol. The van der Waals surface area contributed by atoms with Crippen molar-refractivity contribution in [1.82, 2.24) is 5.32 Å². The number of rotatable bonds is 6. The van der Waals surface area contributed by atoms with Gasteiger partial charge >= 0.3 is 0 Å². The minimum Gasteiger partial charge on any atom is -0.383 e. The van der Waals surface area contributed by atoms with Crippen molar-refractivity contribution in [3.8, 4) is 0 Å². The second-order valence-electron chi connectivity index (χ2n) is 4.09. The van der Waals surface area contributed by atoms with Crippen molar-refractivity contribution in [2.45, 2.75) is 19.4 Å². The highest BCUT2D eigenvalue weighted by Crippen LogP contribution is 2.17. The monoisotopic (exact) mass is 333 g/mol. The summed E-state index contributed by atoms with van der Waals surface area (Å²) >= 11 is 9.42. The maximum atomic E-state index is 12.1. The van der Waals surface area contributed by atoms with Crippen molar-refractivity contribution < 1.29 is 9.53 Å². The molecule has 1 N–H and O–H groups in total. The molecule has 0 aliphatic rings. The van der Waals surface area contributed by atoms with Gasteiger partial charge in [0.15, 0.2) is 0 Å². The normalized spacial score (nSPS) is 12.2. The number of amides is 1. The van der Waals surface area contributed by atoms with E-state index in [-0.39, 0.29) is 11.9 Å². The third kappa shape index (κ3) is 4.59. The van der Waals surface area contributed by atoms with Crippen molar-refractivity contribution in [2.75, 3.05) is 19.0 Å². The maximum absolute atomic E-state index is 12.1. The van der Waals surface area contributed by atoms with Gasteiger partial charge in [-0.1, -0.05) is 33.6 Å². The Morgan fingerprint density at radius 3 is 2.83 bits per heavy atom. The number of carbonyl (C=O) groups is 1. The number of hydrogen-bond donors (Lipinski definition) is 1. The van der Waals surface area contributed by atoms with Crippen molar-refractivity contribution in [3.63, 3.8) is 0 Å². The zero-order valence-electron chi connectivity index (χ0n) is 10.5. The van der Waals surface area contributed by atoms with Gasteiger partial charge in [0.2, 0.25) is 0 Å². The molecule has 1 aromatic rings. The van der Waals surface area contributed by atoms with Crippen LogP contribution in [0.4, 0.5) is 0 Å². The van der Waals surface area contributed by atoms with Crippen LogP contribution in [0.3, 0.4) is 0 Å². The standard InChI is InChI=1S/C13H17BrClNO2/c1-9-3-4-11(12(15)7-9)13(17)16-10(5-6-14)8-18-2/h3-4,7,10H,5-6,8H2,1-2H3,(H,16,17). The molecule has 0 saturated carbocycles. The van der Waals surface area contributed by atoms with Gasteiger partial charge in [-0.15, -0.1) is 0 Å². The fraction of sp³-hybridized carbons (Fsp3) is 0.462. The number of methoxy groups -OCH3 is 1. The molecule has 18 heavy (non-hydrogen) atoms. The second-order valence-corrected chi connectivity index (χ2v) is 5.29. The number of benzene rings is 1. The van der Waals surface area contributed by atoms with Crippen molar-refractivity contribution in [2.24, 2.45) is 0 Å². The first-order chi connectivity index (χ1) is 8.58. The van der Waals surface area contributed by atoms with E-state index in [0.717, 1.165) is 17.3 Å². The molecule has 0 spiro atoms. The van der Waals surface area contributed by atoms with E-state index in [2.05, 4.69) is 21.2 Å². The molecule has 1 aromatic carbocycles. The lowest BCUT2D eigenvalue weighted by Gasteiger charge is -2.17. The second kappa shape index (κ2) is 7.77. The highest BCUT2D eigenvalue weighted by atomic mass is 79.9. The fourth-order valence-electron chi connectivity index (χ4n) is 1.60. The van der Waals surface area contributed by atoms with E-state index >= 15 is 0 Å². The Hall–Kier alpha value is -0.580. The number of alkyl halides is 1. The predicted octanol–water partition coefficient (Wildman–Crippen LogP) is 3.18. The van der Waals surface area contributed by atoms with Crippen LogP contribution in [0.2, 0.25) is 5.02 Å². The zero-order valence-corrected chi connectivity index (χ0v) is 12.8. The van der Waals surface area contributed by atoms with Gasteiger partial charge in [-0.2, -0.15) is 0 Å². The van der Waals surface area contributed by atoms with Gasteiger partial charge in [-0.05, 0) is 31.0 Å². The van der Waals surface area contributed by atoms with Gasteiger partial charge in [0.1, 0.15) is 0 Å². The number of ether oxygens (including phenoxy) is 1. The van der Waals surface area contributed by atoms with Crippen LogP contribution in [-0.2, 0) is 4.74 Å². The molecular formula is C13H17BrClNO2. The summed E-state index contributed by atoms with van der Waals surface area (Å²) in [5.41, 5.74) is 1.53. The molecule has 1 atom stereocenters. The lowest BCUT2D eigenvalue weighted by molar-refractivity contribution is 0.0895. The average Bonchev–Trinajstić information content (AvgIpc) is 2.29. The Bertz CT molecular complexity index is 406. The Kier molecular flexibility index (Phi) is 6.68. The van der Waals surface area contributed by atoms with Gasteiger partial charge in [0.05, 0.1) is 23.2 Å². The minimum absolute atomic E-state index is 0.0146. The van der Waals surface area contributed by atoms with Crippen LogP contribution in [0.5, 0.6) is 0 Å². The Morgan fingerprint density at radius 1 is 1.56 bits per heavy atom. The Balaban J connectivity index is 2.73. The first-order valence-corrected chi connectivity index (χ1v) is 7.20. The van der Waals surface area contributed by atoms with E-state index in [9.17, 15) is 4.79 Å². The topological polar surface area (TPSA) is 38.3 Å². The summed E-state index contributed by atoms with van der Waals surface area (Å²) in [7, 11) is 1.62. The Morgan fingerprint density at radius 2 is 2.28 bits per heavy atom.